The fraction of sp³-hybridized carbons (Fsp3) is 0.692. The Morgan fingerprint density at radius 1 is 1.56 bits per heavy atom. The van der Waals surface area contributed by atoms with Crippen LogP contribution in [0.4, 0.5) is 5.82 Å². The van der Waals surface area contributed by atoms with Crippen LogP contribution in [0.15, 0.2) is 17.2 Å². The predicted molar refractivity (Wildman–Crippen MR) is 70.8 cm³/mol. The predicted octanol–water partition coefficient (Wildman–Crippen LogP) is 0.753. The van der Waals surface area contributed by atoms with E-state index < -0.39 is 0 Å². The Kier molecular flexibility index (Phi) is 2.66. The van der Waals surface area contributed by atoms with Gasteiger partial charge in [0, 0.05) is 31.5 Å². The van der Waals surface area contributed by atoms with Crippen LogP contribution in [0.25, 0.3) is 0 Å². The van der Waals surface area contributed by atoms with Gasteiger partial charge in [0.2, 0.25) is 0 Å². The molecule has 2 N–H and O–H groups in total. The van der Waals surface area contributed by atoms with Crippen LogP contribution in [0.3, 0.4) is 0 Å². The van der Waals surface area contributed by atoms with Crippen LogP contribution in [-0.4, -0.2) is 29.2 Å². The van der Waals surface area contributed by atoms with Crippen LogP contribution in [0, 0.1) is 5.41 Å². The molecular weight excluding hydrogens is 228 g/mol. The average molecular weight is 248 g/mol. The van der Waals surface area contributed by atoms with Crippen LogP contribution >= 0.6 is 0 Å². The number of hydrogen-bond donors (Lipinski definition) is 1. The standard InChI is InChI=1S/C13H20N4O/c1-13(8-14)4-6-16(9-13)11-12(18)17(7-5-15-11)10-2-3-10/h5,7,10H,2-4,6,8-9,14H2,1H3. The zero-order valence-electron chi connectivity index (χ0n) is 10.8. The minimum atomic E-state index is 0.0567. The first-order valence-electron chi connectivity index (χ1n) is 6.65. The van der Waals surface area contributed by atoms with E-state index in [2.05, 4.69) is 16.8 Å². The van der Waals surface area contributed by atoms with E-state index in [1.165, 1.54) is 0 Å². The maximum absolute atomic E-state index is 12.4. The summed E-state index contributed by atoms with van der Waals surface area (Å²) in [5.41, 5.74) is 5.98. The molecule has 1 aromatic heterocycles. The Morgan fingerprint density at radius 3 is 2.94 bits per heavy atom. The molecule has 1 aliphatic heterocycles. The lowest BCUT2D eigenvalue weighted by Gasteiger charge is -2.23. The molecule has 1 saturated heterocycles. The highest BCUT2D eigenvalue weighted by molar-refractivity contribution is 5.38. The highest BCUT2D eigenvalue weighted by Crippen LogP contribution is 2.34. The summed E-state index contributed by atoms with van der Waals surface area (Å²) in [5.74, 6) is 0.599. The van der Waals surface area contributed by atoms with Gasteiger partial charge in [0.1, 0.15) is 0 Å². The lowest BCUT2D eigenvalue weighted by molar-refractivity contribution is 0.383. The van der Waals surface area contributed by atoms with Crippen molar-refractivity contribution in [2.45, 2.75) is 32.2 Å². The molecule has 0 bridgehead atoms. The smallest absolute Gasteiger partial charge is 0.293 e. The third-order valence-electron chi connectivity index (χ3n) is 4.14. The fourth-order valence-electron chi connectivity index (χ4n) is 2.64. The number of nitrogens with two attached hydrogens (primary N) is 1. The summed E-state index contributed by atoms with van der Waals surface area (Å²) in [6.45, 7) is 4.55. The van der Waals surface area contributed by atoms with Gasteiger partial charge in [-0.15, -0.1) is 0 Å². The quantitative estimate of drug-likeness (QED) is 0.857. The van der Waals surface area contributed by atoms with Gasteiger partial charge in [0.15, 0.2) is 5.82 Å². The van der Waals surface area contributed by atoms with Crippen molar-refractivity contribution in [2.75, 3.05) is 24.5 Å². The van der Waals surface area contributed by atoms with Crippen molar-refractivity contribution in [3.05, 3.63) is 22.7 Å². The molecule has 1 aromatic rings. The molecule has 18 heavy (non-hydrogen) atoms. The minimum Gasteiger partial charge on any atom is -0.351 e. The molecule has 1 atom stereocenters. The highest BCUT2D eigenvalue weighted by Gasteiger charge is 2.35. The summed E-state index contributed by atoms with van der Waals surface area (Å²) in [6.07, 6.45) is 6.81. The van der Waals surface area contributed by atoms with E-state index in [1.807, 2.05) is 10.8 Å². The Balaban J connectivity index is 1.89. The topological polar surface area (TPSA) is 64.2 Å². The maximum atomic E-state index is 12.4. The van der Waals surface area contributed by atoms with Crippen molar-refractivity contribution in [1.82, 2.24) is 9.55 Å². The number of rotatable bonds is 3. The summed E-state index contributed by atoms with van der Waals surface area (Å²) in [4.78, 5) is 18.7. The van der Waals surface area contributed by atoms with Gasteiger partial charge in [-0.25, -0.2) is 4.98 Å². The fourth-order valence-corrected chi connectivity index (χ4v) is 2.64. The molecular formula is C13H20N4O. The number of anilines is 1. The number of hydrogen-bond acceptors (Lipinski definition) is 4. The van der Waals surface area contributed by atoms with Crippen LogP contribution in [-0.2, 0) is 0 Å². The Morgan fingerprint density at radius 2 is 2.33 bits per heavy atom. The summed E-state index contributed by atoms with van der Waals surface area (Å²) in [6, 6.07) is 0.405. The first-order valence-corrected chi connectivity index (χ1v) is 6.65. The molecule has 2 aliphatic rings. The van der Waals surface area contributed by atoms with E-state index in [0.717, 1.165) is 32.4 Å². The van der Waals surface area contributed by atoms with Crippen LogP contribution < -0.4 is 16.2 Å². The van der Waals surface area contributed by atoms with Gasteiger partial charge in [-0.2, -0.15) is 0 Å². The summed E-state index contributed by atoms with van der Waals surface area (Å²) in [7, 11) is 0. The molecule has 1 unspecified atom stereocenters. The van der Waals surface area contributed by atoms with Gasteiger partial charge in [-0.1, -0.05) is 6.92 Å². The molecule has 98 valence electrons. The first-order chi connectivity index (χ1) is 8.63. The van der Waals surface area contributed by atoms with E-state index in [9.17, 15) is 4.79 Å². The van der Waals surface area contributed by atoms with Gasteiger partial charge in [0.05, 0.1) is 0 Å². The van der Waals surface area contributed by atoms with Crippen molar-refractivity contribution < 1.29 is 0 Å². The highest BCUT2D eigenvalue weighted by atomic mass is 16.1. The van der Waals surface area contributed by atoms with Crippen molar-refractivity contribution in [2.24, 2.45) is 11.1 Å². The van der Waals surface area contributed by atoms with Crippen LogP contribution in [0.2, 0.25) is 0 Å². The first kappa shape index (κ1) is 11.7. The number of aromatic nitrogens is 2. The lowest BCUT2D eigenvalue weighted by Crippen LogP contribution is -2.35. The molecule has 2 fully saturated rings. The van der Waals surface area contributed by atoms with Crippen molar-refractivity contribution in [3.8, 4) is 0 Å². The van der Waals surface area contributed by atoms with Gasteiger partial charge in [-0.3, -0.25) is 4.79 Å². The zero-order chi connectivity index (χ0) is 12.8. The summed E-state index contributed by atoms with van der Waals surface area (Å²) >= 11 is 0. The largest absolute Gasteiger partial charge is 0.351 e. The molecule has 1 aliphatic carbocycles. The SMILES string of the molecule is CC1(CN)CCN(c2nccn(C3CC3)c2=O)C1. The molecule has 2 heterocycles. The monoisotopic (exact) mass is 248 g/mol. The zero-order valence-corrected chi connectivity index (χ0v) is 10.8. The molecule has 1 saturated carbocycles. The molecule has 0 amide bonds. The lowest BCUT2D eigenvalue weighted by atomic mass is 9.90. The Labute approximate surface area is 107 Å². The molecule has 3 rings (SSSR count). The van der Waals surface area contributed by atoms with Gasteiger partial charge in [0.25, 0.3) is 5.56 Å². The van der Waals surface area contributed by atoms with Crippen molar-refractivity contribution >= 4 is 5.82 Å². The number of nitrogens with zero attached hydrogens (tertiary/aromatic N) is 3. The second-order valence-corrected chi connectivity index (χ2v) is 5.88. The van der Waals surface area contributed by atoms with Gasteiger partial charge < -0.3 is 15.2 Å². The molecule has 0 spiro atoms. The minimum absolute atomic E-state index is 0.0567. The molecule has 5 nitrogen and oxygen atoms in total. The summed E-state index contributed by atoms with van der Waals surface area (Å²) < 4.78 is 1.83. The summed E-state index contributed by atoms with van der Waals surface area (Å²) in [5, 5.41) is 0. The Hall–Kier alpha value is -1.36. The van der Waals surface area contributed by atoms with Crippen LogP contribution in [0.5, 0.6) is 0 Å². The maximum Gasteiger partial charge on any atom is 0.293 e. The normalized spacial score (nSPS) is 27.8. The van der Waals surface area contributed by atoms with E-state index in [0.29, 0.717) is 18.4 Å². The van der Waals surface area contributed by atoms with E-state index in [-0.39, 0.29) is 11.0 Å². The van der Waals surface area contributed by atoms with Gasteiger partial charge in [-0.05, 0) is 31.2 Å². The van der Waals surface area contributed by atoms with E-state index in [1.54, 1.807) is 6.20 Å². The van der Waals surface area contributed by atoms with E-state index in [4.69, 9.17) is 5.73 Å². The molecule has 5 heteroatoms. The van der Waals surface area contributed by atoms with Crippen molar-refractivity contribution in [3.63, 3.8) is 0 Å². The second kappa shape index (κ2) is 4.09. The molecule has 0 aromatic carbocycles. The molecule has 0 radical (unpaired) electrons. The Bertz CT molecular complexity index is 508. The van der Waals surface area contributed by atoms with E-state index >= 15 is 0 Å². The third kappa shape index (κ3) is 1.92. The van der Waals surface area contributed by atoms with Gasteiger partial charge >= 0.3 is 0 Å². The second-order valence-electron chi connectivity index (χ2n) is 5.88. The van der Waals surface area contributed by atoms with Crippen molar-refractivity contribution in [1.29, 1.82) is 0 Å². The van der Waals surface area contributed by atoms with Crippen LogP contribution in [0.1, 0.15) is 32.2 Å². The third-order valence-corrected chi connectivity index (χ3v) is 4.14. The average Bonchev–Trinajstić information content (AvgIpc) is 3.13.